The van der Waals surface area contributed by atoms with Crippen molar-refractivity contribution in [3.8, 4) is 11.1 Å². The van der Waals surface area contributed by atoms with Crippen molar-refractivity contribution in [3.05, 3.63) is 79.1 Å². The molecule has 0 saturated heterocycles. The number of rotatable bonds is 2. The Hall–Kier alpha value is -3.01. The zero-order chi connectivity index (χ0) is 20.5. The first-order chi connectivity index (χ1) is 15.3. The van der Waals surface area contributed by atoms with E-state index in [9.17, 15) is 0 Å². The van der Waals surface area contributed by atoms with Crippen LogP contribution in [0.5, 0.6) is 0 Å². The summed E-state index contributed by atoms with van der Waals surface area (Å²) in [4.78, 5) is 0. The molecule has 0 amide bonds. The molecule has 158 valence electrons. The smallest absolute Gasteiger partial charge is 0.0775 e. The summed E-state index contributed by atoms with van der Waals surface area (Å²) in [5.74, 6) is 0. The maximum Gasteiger partial charge on any atom is 0.0775 e. The fraction of sp³-hybridized carbons (Fsp3) is 0.0769. The van der Waals surface area contributed by atoms with E-state index in [1.54, 1.807) is 0 Å². The van der Waals surface area contributed by atoms with Crippen LogP contribution in [-0.4, -0.2) is 18.6 Å². The van der Waals surface area contributed by atoms with E-state index in [-0.39, 0.29) is 21.1 Å². The molecule has 7 rings (SSSR count). The van der Waals surface area contributed by atoms with Gasteiger partial charge < -0.3 is 8.94 Å². The summed E-state index contributed by atoms with van der Waals surface area (Å²) in [7, 11) is 0. The minimum Gasteiger partial charge on any atom is -0.341 e. The SMILES string of the molecule is CCn1c2ccccc2c2cc(-c3cnn4c5[c-]nsc5c5ccccc5c34)ccc21.[Pt]. The summed E-state index contributed by atoms with van der Waals surface area (Å²) < 4.78 is 9.83. The summed E-state index contributed by atoms with van der Waals surface area (Å²) in [5.41, 5.74) is 6.91. The molecule has 0 saturated carbocycles. The third-order valence-corrected chi connectivity index (χ3v) is 7.09. The predicted octanol–water partition coefficient (Wildman–Crippen LogP) is 6.69. The van der Waals surface area contributed by atoms with E-state index in [4.69, 9.17) is 5.10 Å². The van der Waals surface area contributed by atoms with Crippen LogP contribution in [0.15, 0.2) is 72.9 Å². The van der Waals surface area contributed by atoms with Crippen molar-refractivity contribution in [1.82, 2.24) is 18.6 Å². The zero-order valence-electron chi connectivity index (χ0n) is 17.1. The Kier molecular flexibility index (Phi) is 4.46. The van der Waals surface area contributed by atoms with Crippen molar-refractivity contribution >= 4 is 59.8 Å². The molecule has 0 atom stereocenters. The van der Waals surface area contributed by atoms with Gasteiger partial charge in [-0.15, -0.1) is 6.20 Å². The number of fused-ring (bicyclic) bond motifs is 9. The molecule has 4 heterocycles. The van der Waals surface area contributed by atoms with Crippen molar-refractivity contribution in [1.29, 1.82) is 0 Å². The van der Waals surface area contributed by atoms with Gasteiger partial charge in [-0.2, -0.15) is 16.6 Å². The largest absolute Gasteiger partial charge is 0.341 e. The summed E-state index contributed by atoms with van der Waals surface area (Å²) >= 11 is 1.48. The van der Waals surface area contributed by atoms with Crippen LogP contribution in [0.25, 0.3) is 59.4 Å². The molecule has 0 spiro atoms. The van der Waals surface area contributed by atoms with Crippen LogP contribution in [-0.2, 0) is 27.6 Å². The van der Waals surface area contributed by atoms with Gasteiger partial charge in [0.15, 0.2) is 0 Å². The first-order valence-electron chi connectivity index (χ1n) is 10.4. The molecule has 0 radical (unpaired) electrons. The van der Waals surface area contributed by atoms with Crippen LogP contribution < -0.4 is 0 Å². The molecule has 4 aromatic heterocycles. The summed E-state index contributed by atoms with van der Waals surface area (Å²) in [6, 6.07) is 24.0. The molecule has 0 fully saturated rings. The molecule has 0 N–H and O–H groups in total. The minimum absolute atomic E-state index is 0. The molecule has 0 aliphatic rings. The van der Waals surface area contributed by atoms with Crippen LogP contribution in [0.1, 0.15) is 6.92 Å². The van der Waals surface area contributed by atoms with E-state index >= 15 is 0 Å². The normalized spacial score (nSPS) is 11.8. The molecule has 0 aliphatic heterocycles. The van der Waals surface area contributed by atoms with Crippen molar-refractivity contribution < 1.29 is 21.1 Å². The first-order valence-corrected chi connectivity index (χ1v) is 11.2. The van der Waals surface area contributed by atoms with Gasteiger partial charge in [-0.25, -0.2) is 0 Å². The third kappa shape index (κ3) is 2.52. The number of hydrogen-bond acceptors (Lipinski definition) is 3. The Morgan fingerprint density at radius 1 is 0.875 bits per heavy atom. The van der Waals surface area contributed by atoms with E-state index < -0.39 is 0 Å². The maximum absolute atomic E-state index is 4.76. The Morgan fingerprint density at radius 3 is 2.47 bits per heavy atom. The molecule has 32 heavy (non-hydrogen) atoms. The van der Waals surface area contributed by atoms with Crippen molar-refractivity contribution in [2.24, 2.45) is 0 Å². The number of aromatic nitrogens is 4. The average molecular weight is 613 g/mol. The van der Waals surface area contributed by atoms with Crippen molar-refractivity contribution in [3.63, 3.8) is 0 Å². The van der Waals surface area contributed by atoms with Crippen molar-refractivity contribution in [2.45, 2.75) is 13.5 Å². The average Bonchev–Trinajstić information content (AvgIpc) is 3.54. The molecule has 7 aromatic rings. The van der Waals surface area contributed by atoms with E-state index in [1.165, 1.54) is 49.7 Å². The van der Waals surface area contributed by atoms with Crippen LogP contribution in [0.4, 0.5) is 0 Å². The quantitative estimate of drug-likeness (QED) is 0.204. The molecular weight excluding hydrogens is 595 g/mol. The maximum atomic E-state index is 4.76. The van der Waals surface area contributed by atoms with Crippen LogP contribution in [0.3, 0.4) is 0 Å². The molecular formula is C26H17N4PtS-. The second kappa shape index (κ2) is 7.26. The van der Waals surface area contributed by atoms with Gasteiger partial charge in [0.25, 0.3) is 0 Å². The predicted molar refractivity (Wildman–Crippen MR) is 129 cm³/mol. The number of pyridine rings is 1. The molecule has 4 nitrogen and oxygen atoms in total. The van der Waals surface area contributed by atoms with E-state index in [0.29, 0.717) is 0 Å². The number of para-hydroxylation sites is 1. The van der Waals surface area contributed by atoms with Crippen molar-refractivity contribution in [2.75, 3.05) is 0 Å². The van der Waals surface area contributed by atoms with Gasteiger partial charge in [0.1, 0.15) is 0 Å². The monoisotopic (exact) mass is 612 g/mol. The Balaban J connectivity index is 0.00000196. The summed E-state index contributed by atoms with van der Waals surface area (Å²) in [6.45, 7) is 3.15. The van der Waals surface area contributed by atoms with Crippen LogP contribution in [0, 0.1) is 6.20 Å². The van der Waals surface area contributed by atoms with Gasteiger partial charge in [0, 0.05) is 55.0 Å². The van der Waals surface area contributed by atoms with Gasteiger partial charge in [0.2, 0.25) is 0 Å². The number of benzene rings is 3. The molecule has 0 aliphatic carbocycles. The Bertz CT molecular complexity index is 1790. The Morgan fingerprint density at radius 2 is 1.62 bits per heavy atom. The number of aryl methyl sites for hydroxylation is 1. The van der Waals surface area contributed by atoms with Gasteiger partial charge in [-0.3, -0.25) is 4.52 Å². The zero-order valence-corrected chi connectivity index (χ0v) is 20.2. The Labute approximate surface area is 202 Å². The third-order valence-electron chi connectivity index (χ3n) is 6.31. The fourth-order valence-corrected chi connectivity index (χ4v) is 5.68. The summed E-state index contributed by atoms with van der Waals surface area (Å²) in [5, 5.41) is 9.72. The fourth-order valence-electron chi connectivity index (χ4n) is 4.96. The van der Waals surface area contributed by atoms with Gasteiger partial charge in [-0.1, -0.05) is 64.1 Å². The van der Waals surface area contributed by atoms with E-state index in [2.05, 4.69) is 88.8 Å². The van der Waals surface area contributed by atoms with Gasteiger partial charge >= 0.3 is 0 Å². The van der Waals surface area contributed by atoms with E-state index in [1.807, 2.05) is 10.7 Å². The van der Waals surface area contributed by atoms with Gasteiger partial charge in [0.05, 0.1) is 11.7 Å². The number of hydrogen-bond donors (Lipinski definition) is 0. The topological polar surface area (TPSA) is 35.1 Å². The molecule has 3 aromatic carbocycles. The molecule has 6 heteroatoms. The molecule has 0 bridgehead atoms. The van der Waals surface area contributed by atoms with Gasteiger partial charge in [-0.05, 0) is 36.1 Å². The second-order valence-electron chi connectivity index (χ2n) is 7.83. The minimum atomic E-state index is 0. The second-order valence-corrected chi connectivity index (χ2v) is 8.60. The van der Waals surface area contributed by atoms with E-state index in [0.717, 1.165) is 27.8 Å². The standard InChI is InChI=1S/C26H17N4S.Pt/c1-2-29-22-10-6-5-7-17(22)20-13-16(11-12-23(20)29)21-14-27-30-24-15-28-31-26(24)19-9-4-3-8-18(19)25(21)30;/h3-14H,2H2,1H3;/q-1;. The summed E-state index contributed by atoms with van der Waals surface area (Å²) in [6.07, 6.45) is 5.13. The van der Waals surface area contributed by atoms with Crippen LogP contribution in [0.2, 0.25) is 0 Å². The molecule has 0 unspecified atom stereocenters. The first kappa shape index (κ1) is 19.7. The van der Waals surface area contributed by atoms with Crippen LogP contribution >= 0.6 is 11.5 Å². The number of nitrogens with zero attached hydrogens (tertiary/aromatic N) is 4.